The van der Waals surface area contributed by atoms with Crippen LogP contribution in [0.4, 0.5) is 0 Å². The van der Waals surface area contributed by atoms with Crippen molar-refractivity contribution in [2.75, 3.05) is 13.1 Å². The van der Waals surface area contributed by atoms with Gasteiger partial charge in [0.1, 0.15) is 18.2 Å². The highest BCUT2D eigenvalue weighted by molar-refractivity contribution is 5.02. The molecule has 0 unspecified atom stereocenters. The Morgan fingerprint density at radius 2 is 2.23 bits per heavy atom. The van der Waals surface area contributed by atoms with E-state index in [2.05, 4.69) is 22.3 Å². The number of aromatic nitrogens is 5. The molecule has 2 aromatic heterocycles. The highest BCUT2D eigenvalue weighted by atomic mass is 16.2. The van der Waals surface area contributed by atoms with Crippen LogP contribution in [-0.2, 0) is 19.6 Å². The molecule has 1 aliphatic heterocycles. The van der Waals surface area contributed by atoms with Crippen LogP contribution in [0, 0.1) is 0 Å². The molecule has 3 rings (SSSR count). The number of rotatable bonds is 5. The number of piperidine rings is 1. The Morgan fingerprint density at radius 1 is 1.36 bits per heavy atom. The maximum atomic E-state index is 12.6. The van der Waals surface area contributed by atoms with Gasteiger partial charge >= 0.3 is 5.69 Å². The van der Waals surface area contributed by atoms with Crippen LogP contribution in [0.25, 0.3) is 0 Å². The Kier molecular flexibility index (Phi) is 4.42. The van der Waals surface area contributed by atoms with E-state index >= 15 is 0 Å². The highest BCUT2D eigenvalue weighted by Crippen LogP contribution is 2.20. The number of imidazole rings is 1. The summed E-state index contributed by atoms with van der Waals surface area (Å²) in [5.41, 5.74) is -0.0336. The van der Waals surface area contributed by atoms with Crippen LogP contribution in [0.15, 0.2) is 17.2 Å². The summed E-state index contributed by atoms with van der Waals surface area (Å²) in [7, 11) is 0. The van der Waals surface area contributed by atoms with Gasteiger partial charge in [-0.3, -0.25) is 4.57 Å². The standard InChI is InChI=1S/C15H24N6O/c1-3-19-9-8-17-13(19)11-21-15(22)20(4-2)14(18-21)12-6-5-7-16-10-12/h8-9,12,16H,3-7,10-11H2,1-2H3/t12-/m0/s1. The van der Waals surface area contributed by atoms with Crippen molar-refractivity contribution in [2.24, 2.45) is 0 Å². The van der Waals surface area contributed by atoms with Gasteiger partial charge in [-0.2, -0.15) is 5.10 Å². The van der Waals surface area contributed by atoms with Crippen LogP contribution < -0.4 is 11.0 Å². The zero-order chi connectivity index (χ0) is 15.5. The van der Waals surface area contributed by atoms with Crippen LogP contribution in [0.3, 0.4) is 0 Å². The molecule has 0 amide bonds. The molecular weight excluding hydrogens is 280 g/mol. The molecule has 1 fully saturated rings. The molecule has 1 atom stereocenters. The van der Waals surface area contributed by atoms with E-state index < -0.39 is 0 Å². The van der Waals surface area contributed by atoms with Gasteiger partial charge in [0, 0.05) is 37.9 Å². The van der Waals surface area contributed by atoms with Gasteiger partial charge in [-0.15, -0.1) is 0 Å². The second kappa shape index (κ2) is 6.48. The number of hydrogen-bond acceptors (Lipinski definition) is 4. The third-order valence-corrected chi connectivity index (χ3v) is 4.36. The Bertz CT molecular complexity index is 677. The predicted molar refractivity (Wildman–Crippen MR) is 84.0 cm³/mol. The van der Waals surface area contributed by atoms with E-state index in [9.17, 15) is 4.79 Å². The molecule has 7 heteroatoms. The fraction of sp³-hybridized carbons (Fsp3) is 0.667. The lowest BCUT2D eigenvalue weighted by molar-refractivity contribution is 0.431. The number of hydrogen-bond donors (Lipinski definition) is 1. The van der Waals surface area contributed by atoms with E-state index in [-0.39, 0.29) is 5.69 Å². The van der Waals surface area contributed by atoms with E-state index in [4.69, 9.17) is 0 Å². The fourth-order valence-corrected chi connectivity index (χ4v) is 3.15. The molecule has 0 radical (unpaired) electrons. The summed E-state index contributed by atoms with van der Waals surface area (Å²) in [4.78, 5) is 16.9. The molecule has 1 aliphatic rings. The average Bonchev–Trinajstić information content (AvgIpc) is 3.13. The Labute approximate surface area is 130 Å². The van der Waals surface area contributed by atoms with E-state index in [1.807, 2.05) is 17.7 Å². The minimum Gasteiger partial charge on any atom is -0.334 e. The lowest BCUT2D eigenvalue weighted by atomic mass is 9.99. The first-order valence-corrected chi connectivity index (χ1v) is 8.12. The summed E-state index contributed by atoms with van der Waals surface area (Å²) in [6.07, 6.45) is 5.93. The van der Waals surface area contributed by atoms with Crippen molar-refractivity contribution in [3.05, 3.63) is 34.5 Å². The van der Waals surface area contributed by atoms with Gasteiger partial charge in [-0.05, 0) is 33.2 Å². The largest absolute Gasteiger partial charge is 0.346 e. The van der Waals surface area contributed by atoms with Gasteiger partial charge < -0.3 is 9.88 Å². The van der Waals surface area contributed by atoms with E-state index in [0.717, 1.165) is 44.1 Å². The summed E-state index contributed by atoms with van der Waals surface area (Å²) in [5.74, 6) is 2.11. The predicted octanol–water partition coefficient (Wildman–Crippen LogP) is 0.796. The van der Waals surface area contributed by atoms with E-state index in [1.54, 1.807) is 15.4 Å². The minimum atomic E-state index is -0.0336. The summed E-state index contributed by atoms with van der Waals surface area (Å²) < 4.78 is 5.40. The van der Waals surface area contributed by atoms with Crippen LogP contribution >= 0.6 is 0 Å². The zero-order valence-corrected chi connectivity index (χ0v) is 13.3. The van der Waals surface area contributed by atoms with Gasteiger partial charge in [-0.1, -0.05) is 0 Å². The summed E-state index contributed by atoms with van der Waals surface area (Å²) in [6, 6.07) is 0. The normalized spacial score (nSPS) is 18.7. The Hall–Kier alpha value is -1.89. The van der Waals surface area contributed by atoms with Gasteiger partial charge in [-0.25, -0.2) is 14.5 Å². The first-order valence-electron chi connectivity index (χ1n) is 8.12. The molecule has 1 N–H and O–H groups in total. The summed E-state index contributed by atoms with van der Waals surface area (Å²) >= 11 is 0. The first kappa shape index (κ1) is 15.0. The van der Waals surface area contributed by atoms with Gasteiger partial charge in [0.2, 0.25) is 0 Å². The molecule has 0 spiro atoms. The second-order valence-corrected chi connectivity index (χ2v) is 5.72. The molecule has 7 nitrogen and oxygen atoms in total. The molecule has 0 aromatic carbocycles. The third-order valence-electron chi connectivity index (χ3n) is 4.36. The molecular formula is C15H24N6O. The molecule has 0 aliphatic carbocycles. The van der Waals surface area contributed by atoms with Crippen molar-refractivity contribution >= 4 is 0 Å². The van der Waals surface area contributed by atoms with Gasteiger partial charge in [0.15, 0.2) is 0 Å². The Balaban J connectivity index is 1.92. The molecule has 2 aromatic rings. The SMILES string of the molecule is CCn1ccnc1Cn1nc([C@H]2CCCNC2)n(CC)c1=O. The monoisotopic (exact) mass is 304 g/mol. The van der Waals surface area contributed by atoms with E-state index in [1.165, 1.54) is 0 Å². The highest BCUT2D eigenvalue weighted by Gasteiger charge is 2.23. The molecule has 3 heterocycles. The van der Waals surface area contributed by atoms with Crippen molar-refractivity contribution in [3.63, 3.8) is 0 Å². The maximum Gasteiger partial charge on any atom is 0.346 e. The number of aryl methyl sites for hydroxylation is 1. The lowest BCUT2D eigenvalue weighted by Gasteiger charge is -2.21. The first-order chi connectivity index (χ1) is 10.7. The number of nitrogens with one attached hydrogen (secondary N) is 1. The zero-order valence-electron chi connectivity index (χ0n) is 13.3. The average molecular weight is 304 g/mol. The molecule has 1 saturated heterocycles. The summed E-state index contributed by atoms with van der Waals surface area (Å²) in [5, 5.41) is 8.02. The van der Waals surface area contributed by atoms with Crippen molar-refractivity contribution in [2.45, 2.75) is 52.2 Å². The van der Waals surface area contributed by atoms with Crippen molar-refractivity contribution in [1.82, 2.24) is 29.2 Å². The lowest BCUT2D eigenvalue weighted by Crippen LogP contribution is -2.31. The van der Waals surface area contributed by atoms with E-state index in [0.29, 0.717) is 19.0 Å². The third kappa shape index (κ3) is 2.72. The van der Waals surface area contributed by atoms with Crippen LogP contribution in [-0.4, -0.2) is 37.0 Å². The van der Waals surface area contributed by atoms with Crippen molar-refractivity contribution in [1.29, 1.82) is 0 Å². The van der Waals surface area contributed by atoms with Crippen LogP contribution in [0.5, 0.6) is 0 Å². The molecule has 120 valence electrons. The van der Waals surface area contributed by atoms with Crippen LogP contribution in [0.2, 0.25) is 0 Å². The molecule has 0 saturated carbocycles. The Morgan fingerprint density at radius 3 is 2.91 bits per heavy atom. The summed E-state index contributed by atoms with van der Waals surface area (Å²) in [6.45, 7) is 7.96. The maximum absolute atomic E-state index is 12.6. The van der Waals surface area contributed by atoms with Gasteiger partial charge in [0.25, 0.3) is 0 Å². The molecule has 22 heavy (non-hydrogen) atoms. The minimum absolute atomic E-state index is 0.0336. The molecule has 0 bridgehead atoms. The van der Waals surface area contributed by atoms with Gasteiger partial charge in [0.05, 0.1) is 0 Å². The second-order valence-electron chi connectivity index (χ2n) is 5.72. The smallest absolute Gasteiger partial charge is 0.334 e. The van der Waals surface area contributed by atoms with Crippen molar-refractivity contribution < 1.29 is 0 Å². The topological polar surface area (TPSA) is 69.7 Å². The van der Waals surface area contributed by atoms with Crippen molar-refractivity contribution in [3.8, 4) is 0 Å². The number of nitrogens with zero attached hydrogens (tertiary/aromatic N) is 5. The van der Waals surface area contributed by atoms with Crippen LogP contribution in [0.1, 0.15) is 44.3 Å². The quantitative estimate of drug-likeness (QED) is 0.887. The fourth-order valence-electron chi connectivity index (χ4n) is 3.15.